The highest BCUT2D eigenvalue weighted by atomic mass is 19.1. The molecule has 1 aromatic heterocycles. The number of carbonyl (C=O) groups excluding carboxylic acids is 1. The van der Waals surface area contributed by atoms with Crippen molar-refractivity contribution in [3.05, 3.63) is 77.4 Å². The largest absolute Gasteiger partial charge is 0.378 e. The SMILES string of the molecule is O=C(c1cnc(N2CCOCC2)nc1C1=C(F)CCC=C1)N1CC=C(c2ccccc2)CC1. The van der Waals surface area contributed by atoms with E-state index in [2.05, 4.69) is 23.2 Å². The minimum atomic E-state index is -0.233. The molecule has 2 aromatic rings. The van der Waals surface area contributed by atoms with Gasteiger partial charge in [-0.05, 0) is 24.0 Å². The average Bonchev–Trinajstić information content (AvgIpc) is 2.89. The minimum absolute atomic E-state index is 0.166. The fraction of sp³-hybridized carbons (Fsp3) is 0.346. The van der Waals surface area contributed by atoms with E-state index in [1.54, 1.807) is 17.2 Å². The van der Waals surface area contributed by atoms with Gasteiger partial charge in [-0.2, -0.15) is 0 Å². The summed E-state index contributed by atoms with van der Waals surface area (Å²) in [5.74, 6) is 0.110. The van der Waals surface area contributed by atoms with Gasteiger partial charge < -0.3 is 14.5 Å². The Kier molecular flexibility index (Phi) is 6.30. The lowest BCUT2D eigenvalue weighted by Crippen LogP contribution is -2.38. The number of hydrogen-bond donors (Lipinski definition) is 0. The number of morpholine rings is 1. The molecule has 0 saturated carbocycles. The van der Waals surface area contributed by atoms with Gasteiger partial charge in [0.15, 0.2) is 0 Å². The molecule has 6 nitrogen and oxygen atoms in total. The highest BCUT2D eigenvalue weighted by Crippen LogP contribution is 2.31. The average molecular weight is 447 g/mol. The van der Waals surface area contributed by atoms with E-state index in [0.717, 1.165) is 6.42 Å². The number of aromatic nitrogens is 2. The van der Waals surface area contributed by atoms with Crippen molar-refractivity contribution in [1.29, 1.82) is 0 Å². The van der Waals surface area contributed by atoms with Gasteiger partial charge in [0.2, 0.25) is 5.95 Å². The fourth-order valence-electron chi connectivity index (χ4n) is 4.43. The number of anilines is 1. The number of amides is 1. The quantitative estimate of drug-likeness (QED) is 0.702. The van der Waals surface area contributed by atoms with Gasteiger partial charge in [-0.15, -0.1) is 0 Å². The van der Waals surface area contributed by atoms with E-state index in [0.29, 0.717) is 75.0 Å². The Bertz CT molecular complexity index is 1120. The number of benzene rings is 1. The van der Waals surface area contributed by atoms with Gasteiger partial charge in [0.05, 0.1) is 24.5 Å². The summed E-state index contributed by atoms with van der Waals surface area (Å²) in [4.78, 5) is 26.5. The van der Waals surface area contributed by atoms with Crippen LogP contribution in [0.1, 0.15) is 40.9 Å². The van der Waals surface area contributed by atoms with E-state index in [4.69, 9.17) is 9.72 Å². The molecule has 0 unspecified atom stereocenters. The summed E-state index contributed by atoms with van der Waals surface area (Å²) in [6, 6.07) is 10.2. The second-order valence-corrected chi connectivity index (χ2v) is 8.39. The van der Waals surface area contributed by atoms with Crippen LogP contribution in [0.15, 0.2) is 60.6 Å². The zero-order valence-electron chi connectivity index (χ0n) is 18.5. The van der Waals surface area contributed by atoms with Gasteiger partial charge in [0, 0.05) is 44.4 Å². The van der Waals surface area contributed by atoms with E-state index < -0.39 is 0 Å². The number of allylic oxidation sites excluding steroid dienone is 4. The number of halogens is 1. The fourth-order valence-corrected chi connectivity index (χ4v) is 4.43. The number of hydrogen-bond acceptors (Lipinski definition) is 5. The van der Waals surface area contributed by atoms with Crippen molar-refractivity contribution < 1.29 is 13.9 Å². The standard InChI is InChI=1S/C26H27FN4O2/c27-23-9-5-4-8-21(23)24-22(18-28-26(29-24)31-14-16-33-17-15-31)25(32)30-12-10-20(11-13-30)19-6-2-1-3-7-19/h1-4,6-8,10,18H,5,9,11-17H2. The summed E-state index contributed by atoms with van der Waals surface area (Å²) in [7, 11) is 0. The second-order valence-electron chi connectivity index (χ2n) is 8.39. The van der Waals surface area contributed by atoms with Crippen molar-refractivity contribution in [3.8, 4) is 0 Å². The summed E-state index contributed by atoms with van der Waals surface area (Å²) in [5, 5.41) is 0. The molecular weight excluding hydrogens is 419 g/mol. The zero-order chi connectivity index (χ0) is 22.6. The summed E-state index contributed by atoms with van der Waals surface area (Å²) in [5.41, 5.74) is 3.54. The Morgan fingerprint density at radius 2 is 1.88 bits per heavy atom. The van der Waals surface area contributed by atoms with Crippen LogP contribution in [0.3, 0.4) is 0 Å². The van der Waals surface area contributed by atoms with Gasteiger partial charge in [-0.3, -0.25) is 4.79 Å². The minimum Gasteiger partial charge on any atom is -0.378 e. The molecule has 0 radical (unpaired) electrons. The van der Waals surface area contributed by atoms with Crippen LogP contribution >= 0.6 is 0 Å². The molecule has 0 N–H and O–H groups in total. The topological polar surface area (TPSA) is 58.6 Å². The van der Waals surface area contributed by atoms with E-state index in [1.165, 1.54) is 11.1 Å². The summed E-state index contributed by atoms with van der Waals surface area (Å²) in [6.07, 6.45) is 9.08. The molecule has 3 aliphatic rings. The molecule has 5 rings (SSSR count). The van der Waals surface area contributed by atoms with Crippen LogP contribution < -0.4 is 4.90 Å². The maximum absolute atomic E-state index is 14.8. The number of ether oxygens (including phenoxy) is 1. The zero-order valence-corrected chi connectivity index (χ0v) is 18.5. The molecule has 170 valence electrons. The normalized spacial score (nSPS) is 19.0. The van der Waals surface area contributed by atoms with Crippen molar-refractivity contribution in [2.45, 2.75) is 19.3 Å². The van der Waals surface area contributed by atoms with E-state index >= 15 is 0 Å². The molecule has 1 aliphatic carbocycles. The van der Waals surface area contributed by atoms with Gasteiger partial charge in [0.25, 0.3) is 5.91 Å². The highest BCUT2D eigenvalue weighted by molar-refractivity contribution is 6.00. The van der Waals surface area contributed by atoms with Crippen molar-refractivity contribution >= 4 is 23.0 Å². The molecule has 2 aliphatic heterocycles. The van der Waals surface area contributed by atoms with Crippen LogP contribution in [0.4, 0.5) is 10.3 Å². The Balaban J connectivity index is 1.45. The van der Waals surface area contributed by atoms with Crippen molar-refractivity contribution in [3.63, 3.8) is 0 Å². The van der Waals surface area contributed by atoms with Gasteiger partial charge in [0.1, 0.15) is 5.83 Å². The molecule has 1 aromatic carbocycles. The number of rotatable bonds is 4. The highest BCUT2D eigenvalue weighted by Gasteiger charge is 2.27. The van der Waals surface area contributed by atoms with Gasteiger partial charge in [-0.25, -0.2) is 14.4 Å². The van der Waals surface area contributed by atoms with E-state index in [1.807, 2.05) is 29.2 Å². The van der Waals surface area contributed by atoms with Crippen LogP contribution in [0, 0.1) is 0 Å². The van der Waals surface area contributed by atoms with E-state index in [9.17, 15) is 9.18 Å². The molecular formula is C26H27FN4O2. The Morgan fingerprint density at radius 1 is 1.06 bits per heavy atom. The van der Waals surface area contributed by atoms with Crippen molar-refractivity contribution in [2.24, 2.45) is 0 Å². The molecule has 0 atom stereocenters. The first-order valence-corrected chi connectivity index (χ1v) is 11.5. The smallest absolute Gasteiger partial charge is 0.257 e. The van der Waals surface area contributed by atoms with Crippen LogP contribution in [0.25, 0.3) is 11.1 Å². The molecule has 0 spiro atoms. The monoisotopic (exact) mass is 446 g/mol. The van der Waals surface area contributed by atoms with Crippen LogP contribution in [0.2, 0.25) is 0 Å². The van der Waals surface area contributed by atoms with Crippen molar-refractivity contribution in [1.82, 2.24) is 14.9 Å². The van der Waals surface area contributed by atoms with E-state index in [-0.39, 0.29) is 11.7 Å². The summed E-state index contributed by atoms with van der Waals surface area (Å²) >= 11 is 0. The maximum atomic E-state index is 14.8. The third kappa shape index (κ3) is 4.59. The molecule has 0 bridgehead atoms. The first-order chi connectivity index (χ1) is 16.2. The first kappa shape index (κ1) is 21.5. The summed E-state index contributed by atoms with van der Waals surface area (Å²) < 4.78 is 20.3. The predicted molar refractivity (Wildman–Crippen MR) is 126 cm³/mol. The lowest BCUT2D eigenvalue weighted by Gasteiger charge is -2.29. The molecule has 1 fully saturated rings. The lowest BCUT2D eigenvalue weighted by molar-refractivity contribution is 0.0771. The first-order valence-electron chi connectivity index (χ1n) is 11.5. The Hall–Kier alpha value is -3.32. The second kappa shape index (κ2) is 9.67. The molecule has 3 heterocycles. The molecule has 7 heteroatoms. The van der Waals surface area contributed by atoms with Gasteiger partial charge in [-0.1, -0.05) is 48.6 Å². The van der Waals surface area contributed by atoms with Crippen LogP contribution in [-0.2, 0) is 4.74 Å². The third-order valence-electron chi connectivity index (χ3n) is 6.30. The van der Waals surface area contributed by atoms with Gasteiger partial charge >= 0.3 is 0 Å². The predicted octanol–water partition coefficient (Wildman–Crippen LogP) is 4.27. The summed E-state index contributed by atoms with van der Waals surface area (Å²) in [6.45, 7) is 3.64. The molecule has 1 saturated heterocycles. The lowest BCUT2D eigenvalue weighted by atomic mass is 9.97. The number of nitrogens with zero attached hydrogens (tertiary/aromatic N) is 4. The third-order valence-corrected chi connectivity index (χ3v) is 6.30. The number of carbonyl (C=O) groups is 1. The van der Waals surface area contributed by atoms with Crippen LogP contribution in [0.5, 0.6) is 0 Å². The maximum Gasteiger partial charge on any atom is 0.257 e. The van der Waals surface area contributed by atoms with Crippen molar-refractivity contribution in [2.75, 3.05) is 44.3 Å². The Labute approximate surface area is 193 Å². The Morgan fingerprint density at radius 3 is 2.61 bits per heavy atom. The van der Waals surface area contributed by atoms with Crippen LogP contribution in [-0.4, -0.2) is 60.2 Å². The molecule has 33 heavy (non-hydrogen) atoms. The molecule has 1 amide bonds.